The van der Waals surface area contributed by atoms with Crippen LogP contribution in [0, 0.1) is 11.7 Å². The quantitative estimate of drug-likeness (QED) is 0.778. The van der Waals surface area contributed by atoms with Crippen molar-refractivity contribution in [1.29, 1.82) is 0 Å². The Kier molecular flexibility index (Phi) is 4.57. The van der Waals surface area contributed by atoms with Gasteiger partial charge in [0, 0.05) is 23.5 Å². The normalized spacial score (nSPS) is 19.0. The van der Waals surface area contributed by atoms with E-state index >= 15 is 0 Å². The number of hydrogen-bond donors (Lipinski definition) is 0. The Labute approximate surface area is 134 Å². The van der Waals surface area contributed by atoms with Gasteiger partial charge in [0.1, 0.15) is 5.82 Å². The van der Waals surface area contributed by atoms with Gasteiger partial charge in [-0.2, -0.15) is 0 Å². The molecular formula is C18H20FNOS. The monoisotopic (exact) mass is 317 g/mol. The molecule has 1 amide bonds. The van der Waals surface area contributed by atoms with Gasteiger partial charge in [-0.15, -0.1) is 11.3 Å². The molecule has 1 aliphatic rings. The highest BCUT2D eigenvalue weighted by molar-refractivity contribution is 7.17. The molecule has 1 aromatic carbocycles. The standard InChI is InChI=1S/C18H20FNOS/c1-13-5-4-11-20(12-10-13)18(21)17-9-8-16(22-17)14-6-2-3-7-15(14)19/h2-3,6-9,13H,4-5,10-12H2,1H3. The SMILES string of the molecule is CC1CCCN(C(=O)c2ccc(-c3ccccc3F)s2)CC1. The Bertz CT molecular complexity index is 667. The van der Waals surface area contributed by atoms with Crippen LogP contribution in [0.3, 0.4) is 0 Å². The van der Waals surface area contributed by atoms with Crippen LogP contribution in [0.25, 0.3) is 10.4 Å². The summed E-state index contributed by atoms with van der Waals surface area (Å²) >= 11 is 1.38. The maximum atomic E-state index is 13.8. The number of thiophene rings is 1. The lowest BCUT2D eigenvalue weighted by molar-refractivity contribution is 0.0765. The maximum absolute atomic E-state index is 13.8. The molecule has 1 aliphatic heterocycles. The van der Waals surface area contributed by atoms with Gasteiger partial charge in [0.2, 0.25) is 0 Å². The summed E-state index contributed by atoms with van der Waals surface area (Å²) < 4.78 is 13.8. The fourth-order valence-electron chi connectivity index (χ4n) is 2.88. The van der Waals surface area contributed by atoms with E-state index in [1.54, 1.807) is 12.1 Å². The van der Waals surface area contributed by atoms with Gasteiger partial charge in [0.15, 0.2) is 0 Å². The van der Waals surface area contributed by atoms with Crippen molar-refractivity contribution in [3.63, 3.8) is 0 Å². The molecular weight excluding hydrogens is 297 g/mol. The lowest BCUT2D eigenvalue weighted by Gasteiger charge is -2.19. The number of nitrogens with zero attached hydrogens (tertiary/aromatic N) is 1. The van der Waals surface area contributed by atoms with Crippen molar-refractivity contribution in [3.05, 3.63) is 47.1 Å². The zero-order chi connectivity index (χ0) is 15.5. The van der Waals surface area contributed by atoms with Crippen molar-refractivity contribution in [2.24, 2.45) is 5.92 Å². The zero-order valence-electron chi connectivity index (χ0n) is 12.7. The minimum absolute atomic E-state index is 0.0849. The van der Waals surface area contributed by atoms with Gasteiger partial charge >= 0.3 is 0 Å². The van der Waals surface area contributed by atoms with Gasteiger partial charge in [-0.25, -0.2) is 4.39 Å². The van der Waals surface area contributed by atoms with Crippen LogP contribution in [0.5, 0.6) is 0 Å². The Hall–Kier alpha value is -1.68. The van der Waals surface area contributed by atoms with E-state index in [1.165, 1.54) is 23.8 Å². The molecule has 1 aromatic heterocycles. The zero-order valence-corrected chi connectivity index (χ0v) is 13.5. The van der Waals surface area contributed by atoms with Crippen molar-refractivity contribution in [2.45, 2.75) is 26.2 Å². The van der Waals surface area contributed by atoms with Crippen molar-refractivity contribution in [1.82, 2.24) is 4.90 Å². The Balaban J connectivity index is 1.78. The molecule has 22 heavy (non-hydrogen) atoms. The highest BCUT2D eigenvalue weighted by Crippen LogP contribution is 2.31. The minimum Gasteiger partial charge on any atom is -0.338 e. The summed E-state index contributed by atoms with van der Waals surface area (Å²) in [7, 11) is 0. The number of rotatable bonds is 2. The second kappa shape index (κ2) is 6.61. The maximum Gasteiger partial charge on any atom is 0.263 e. The predicted molar refractivity (Wildman–Crippen MR) is 88.6 cm³/mol. The molecule has 1 unspecified atom stereocenters. The molecule has 116 valence electrons. The Morgan fingerprint density at radius 1 is 1.18 bits per heavy atom. The third-order valence-corrected chi connectivity index (χ3v) is 5.37. The highest BCUT2D eigenvalue weighted by Gasteiger charge is 2.21. The lowest BCUT2D eigenvalue weighted by Crippen LogP contribution is -2.31. The molecule has 2 heterocycles. The van der Waals surface area contributed by atoms with Crippen LogP contribution in [-0.4, -0.2) is 23.9 Å². The topological polar surface area (TPSA) is 20.3 Å². The number of amides is 1. The van der Waals surface area contributed by atoms with Gasteiger partial charge < -0.3 is 4.90 Å². The molecule has 0 bridgehead atoms. The van der Waals surface area contributed by atoms with E-state index in [1.807, 2.05) is 23.1 Å². The predicted octanol–water partition coefficient (Wildman–Crippen LogP) is 4.82. The van der Waals surface area contributed by atoms with Gasteiger partial charge in [-0.05, 0) is 43.4 Å². The number of halogens is 1. The molecule has 0 spiro atoms. The Morgan fingerprint density at radius 2 is 2.00 bits per heavy atom. The summed E-state index contributed by atoms with van der Waals surface area (Å²) in [6.45, 7) is 3.90. The van der Waals surface area contributed by atoms with Gasteiger partial charge in [-0.3, -0.25) is 4.79 Å². The Morgan fingerprint density at radius 3 is 2.82 bits per heavy atom. The molecule has 4 heteroatoms. The van der Waals surface area contributed by atoms with E-state index in [0.717, 1.165) is 30.8 Å². The molecule has 2 aromatic rings. The second-order valence-corrected chi connectivity index (χ2v) is 7.06. The molecule has 1 atom stereocenters. The van der Waals surface area contributed by atoms with Gasteiger partial charge in [0.05, 0.1) is 4.88 Å². The summed E-state index contributed by atoms with van der Waals surface area (Å²) in [5.74, 6) is 0.531. The highest BCUT2D eigenvalue weighted by atomic mass is 32.1. The van der Waals surface area contributed by atoms with Crippen LogP contribution in [0.4, 0.5) is 4.39 Å². The third kappa shape index (κ3) is 3.22. The fraction of sp³-hybridized carbons (Fsp3) is 0.389. The first-order valence-electron chi connectivity index (χ1n) is 7.79. The number of carbonyl (C=O) groups is 1. The van der Waals surface area contributed by atoms with Gasteiger partial charge in [-0.1, -0.05) is 25.1 Å². The average molecular weight is 317 g/mol. The smallest absolute Gasteiger partial charge is 0.263 e. The first-order valence-corrected chi connectivity index (χ1v) is 8.61. The summed E-state index contributed by atoms with van der Waals surface area (Å²) in [5.41, 5.74) is 0.566. The van der Waals surface area contributed by atoms with Crippen molar-refractivity contribution in [2.75, 3.05) is 13.1 Å². The average Bonchev–Trinajstić information content (AvgIpc) is 2.90. The molecule has 3 rings (SSSR count). The van der Waals surface area contributed by atoms with Crippen LogP contribution in [0.2, 0.25) is 0 Å². The summed E-state index contributed by atoms with van der Waals surface area (Å²) in [6, 6.07) is 10.4. The number of benzene rings is 1. The van der Waals surface area contributed by atoms with Crippen LogP contribution < -0.4 is 0 Å². The van der Waals surface area contributed by atoms with Crippen LogP contribution in [0.15, 0.2) is 36.4 Å². The van der Waals surface area contributed by atoms with Crippen molar-refractivity contribution < 1.29 is 9.18 Å². The van der Waals surface area contributed by atoms with E-state index in [9.17, 15) is 9.18 Å². The largest absolute Gasteiger partial charge is 0.338 e. The summed E-state index contributed by atoms with van der Waals surface area (Å²) in [5, 5.41) is 0. The fourth-order valence-corrected chi connectivity index (χ4v) is 3.88. The first kappa shape index (κ1) is 15.2. The van der Waals surface area contributed by atoms with Crippen LogP contribution >= 0.6 is 11.3 Å². The first-order chi connectivity index (χ1) is 10.6. The van der Waals surface area contributed by atoms with E-state index in [2.05, 4.69) is 6.92 Å². The molecule has 1 saturated heterocycles. The third-order valence-electron chi connectivity index (χ3n) is 4.26. The lowest BCUT2D eigenvalue weighted by atomic mass is 10.0. The van der Waals surface area contributed by atoms with Crippen LogP contribution in [0.1, 0.15) is 35.9 Å². The molecule has 0 radical (unpaired) electrons. The summed E-state index contributed by atoms with van der Waals surface area (Å²) in [6.07, 6.45) is 3.32. The van der Waals surface area contributed by atoms with E-state index in [0.29, 0.717) is 16.4 Å². The molecule has 0 saturated carbocycles. The summed E-state index contributed by atoms with van der Waals surface area (Å²) in [4.78, 5) is 16.1. The minimum atomic E-state index is -0.244. The van der Waals surface area contributed by atoms with E-state index < -0.39 is 0 Å². The van der Waals surface area contributed by atoms with E-state index in [-0.39, 0.29) is 11.7 Å². The van der Waals surface area contributed by atoms with Crippen LogP contribution in [-0.2, 0) is 0 Å². The molecule has 0 aliphatic carbocycles. The van der Waals surface area contributed by atoms with Crippen molar-refractivity contribution in [3.8, 4) is 10.4 Å². The number of likely N-dealkylation sites (tertiary alicyclic amines) is 1. The molecule has 2 nitrogen and oxygen atoms in total. The molecule has 1 fully saturated rings. The number of hydrogen-bond acceptors (Lipinski definition) is 2. The van der Waals surface area contributed by atoms with E-state index in [4.69, 9.17) is 0 Å². The second-order valence-electron chi connectivity index (χ2n) is 5.97. The molecule has 0 N–H and O–H groups in total. The van der Waals surface area contributed by atoms with Gasteiger partial charge in [0.25, 0.3) is 5.91 Å². The van der Waals surface area contributed by atoms with Crippen molar-refractivity contribution >= 4 is 17.2 Å². The number of carbonyl (C=O) groups excluding carboxylic acids is 1.